The highest BCUT2D eigenvalue weighted by Gasteiger charge is 2.33. The van der Waals surface area contributed by atoms with E-state index in [-0.39, 0.29) is 18.4 Å². The zero-order valence-corrected chi connectivity index (χ0v) is 17.4. The molecule has 1 amide bonds. The Morgan fingerprint density at radius 2 is 1.76 bits per heavy atom. The molecule has 2 heterocycles. The quantitative estimate of drug-likeness (QED) is 0.710. The molecule has 29 heavy (non-hydrogen) atoms. The third-order valence-electron chi connectivity index (χ3n) is 5.18. The Bertz CT molecular complexity index is 672. The number of benzene rings is 1. The summed E-state index contributed by atoms with van der Waals surface area (Å²) in [7, 11) is 6.84. The van der Waals surface area contributed by atoms with Crippen LogP contribution in [0.15, 0.2) is 12.1 Å². The Kier molecular flexibility index (Phi) is 8.53. The summed E-state index contributed by atoms with van der Waals surface area (Å²) in [5, 5.41) is 6.89. The molecule has 2 saturated heterocycles. The summed E-state index contributed by atoms with van der Waals surface area (Å²) in [6.45, 7) is 3.56. The van der Waals surface area contributed by atoms with E-state index in [1.54, 1.807) is 21.3 Å². The Hall–Kier alpha value is -2.52. The smallest absolute Gasteiger partial charge is 0.290 e. The van der Waals surface area contributed by atoms with E-state index in [4.69, 9.17) is 28.8 Å². The molecule has 2 fully saturated rings. The summed E-state index contributed by atoms with van der Waals surface area (Å²) in [4.78, 5) is 25.6. The summed E-state index contributed by atoms with van der Waals surface area (Å²) in [6, 6.07) is 3.94. The van der Waals surface area contributed by atoms with Crippen LogP contribution < -0.4 is 14.2 Å². The molecule has 0 spiro atoms. The Morgan fingerprint density at radius 3 is 2.31 bits per heavy atom. The molecule has 1 aromatic rings. The lowest BCUT2D eigenvalue weighted by molar-refractivity contribution is -0.132. The highest BCUT2D eigenvalue weighted by Crippen LogP contribution is 2.38. The van der Waals surface area contributed by atoms with Crippen LogP contribution in [0.5, 0.6) is 17.2 Å². The van der Waals surface area contributed by atoms with E-state index in [0.717, 1.165) is 25.3 Å². The maximum Gasteiger partial charge on any atom is 0.290 e. The number of hydrogen-bond acceptors (Lipinski definition) is 7. The molecule has 9 nitrogen and oxygen atoms in total. The van der Waals surface area contributed by atoms with Gasteiger partial charge in [-0.25, -0.2) is 0 Å². The van der Waals surface area contributed by atoms with Crippen LogP contribution in [0.25, 0.3) is 0 Å². The van der Waals surface area contributed by atoms with Gasteiger partial charge in [-0.1, -0.05) is 0 Å². The molecular weight excluding hydrogens is 380 g/mol. The second kappa shape index (κ2) is 10.9. The van der Waals surface area contributed by atoms with Gasteiger partial charge >= 0.3 is 0 Å². The summed E-state index contributed by atoms with van der Waals surface area (Å²) in [5.41, 5.74) is 0.850. The van der Waals surface area contributed by atoms with Crippen LogP contribution in [0.1, 0.15) is 5.56 Å². The molecule has 2 atom stereocenters. The molecule has 0 saturated carbocycles. The SMILES string of the molecule is COc1cc(CC(=O)N2C[C@@H]3COC[C@H](C2)N(C)C3)cc(OC)c1OC.O=CO. The van der Waals surface area contributed by atoms with Crippen LogP contribution >= 0.6 is 0 Å². The van der Waals surface area contributed by atoms with Crippen molar-refractivity contribution in [3.63, 3.8) is 0 Å². The molecule has 0 unspecified atom stereocenters. The second-order valence-electron chi connectivity index (χ2n) is 7.11. The number of methoxy groups -OCH3 is 3. The van der Waals surface area contributed by atoms with E-state index in [0.29, 0.717) is 42.7 Å². The highest BCUT2D eigenvalue weighted by molar-refractivity contribution is 5.79. The lowest BCUT2D eigenvalue weighted by Crippen LogP contribution is -2.45. The van der Waals surface area contributed by atoms with Crippen molar-refractivity contribution in [1.82, 2.24) is 9.80 Å². The number of amides is 1. The van der Waals surface area contributed by atoms with Crippen molar-refractivity contribution in [2.75, 3.05) is 61.2 Å². The molecule has 2 aliphatic heterocycles. The first-order valence-electron chi connectivity index (χ1n) is 9.39. The molecule has 0 aromatic heterocycles. The zero-order valence-electron chi connectivity index (χ0n) is 17.4. The second-order valence-corrected chi connectivity index (χ2v) is 7.11. The Balaban J connectivity index is 0.000000941. The van der Waals surface area contributed by atoms with Crippen LogP contribution in [0.3, 0.4) is 0 Å². The monoisotopic (exact) mass is 410 g/mol. The first-order valence-corrected chi connectivity index (χ1v) is 9.39. The first-order chi connectivity index (χ1) is 14.0. The molecule has 162 valence electrons. The number of nitrogens with zero attached hydrogens (tertiary/aromatic N) is 2. The minimum absolute atomic E-state index is 0.117. The standard InChI is InChI=1S/C19H28N2O5.CH2O2/c1-20-8-14-9-21(10-15(20)12-26-11-14)18(22)7-13-5-16(23-2)19(25-4)17(6-13)24-3;2-1-3/h5-6,14-15H,7-12H2,1-4H3;1H,(H,2,3)/t14-,15+;/m1./s1. The molecular formula is C20H30N2O7. The van der Waals surface area contributed by atoms with Crippen molar-refractivity contribution < 1.29 is 33.6 Å². The summed E-state index contributed by atoms with van der Waals surface area (Å²) in [5.74, 6) is 2.14. The van der Waals surface area contributed by atoms with Gasteiger partial charge in [0.2, 0.25) is 11.7 Å². The third-order valence-corrected chi connectivity index (χ3v) is 5.18. The largest absolute Gasteiger partial charge is 0.493 e. The molecule has 9 heteroatoms. The predicted molar refractivity (Wildman–Crippen MR) is 106 cm³/mol. The fourth-order valence-corrected chi connectivity index (χ4v) is 3.78. The lowest BCUT2D eigenvalue weighted by atomic mass is 10.1. The number of carbonyl (C=O) groups is 2. The Labute approximate surface area is 171 Å². The van der Waals surface area contributed by atoms with Crippen LogP contribution in [0, 0.1) is 5.92 Å². The van der Waals surface area contributed by atoms with Crippen molar-refractivity contribution in [3.05, 3.63) is 17.7 Å². The van der Waals surface area contributed by atoms with Crippen molar-refractivity contribution in [1.29, 1.82) is 0 Å². The molecule has 2 aliphatic rings. The topological polar surface area (TPSA) is 97.8 Å². The zero-order chi connectivity index (χ0) is 21.4. The number of hydrogen-bond donors (Lipinski definition) is 1. The Morgan fingerprint density at radius 1 is 1.14 bits per heavy atom. The van der Waals surface area contributed by atoms with Gasteiger partial charge in [-0.2, -0.15) is 0 Å². The third kappa shape index (κ3) is 5.74. The summed E-state index contributed by atoms with van der Waals surface area (Å²) in [6.07, 6.45) is 0.306. The lowest BCUT2D eigenvalue weighted by Gasteiger charge is -2.30. The van der Waals surface area contributed by atoms with Crippen molar-refractivity contribution >= 4 is 12.4 Å². The van der Waals surface area contributed by atoms with E-state index in [2.05, 4.69) is 11.9 Å². The van der Waals surface area contributed by atoms with Gasteiger partial charge in [-0.15, -0.1) is 0 Å². The van der Waals surface area contributed by atoms with Gasteiger partial charge in [0.25, 0.3) is 6.47 Å². The van der Waals surface area contributed by atoms with Gasteiger partial charge in [-0.05, 0) is 24.7 Å². The normalized spacial score (nSPS) is 21.3. The minimum Gasteiger partial charge on any atom is -0.493 e. The fraction of sp³-hybridized carbons (Fsp3) is 0.600. The molecule has 1 N–H and O–H groups in total. The van der Waals surface area contributed by atoms with Crippen molar-refractivity contribution in [3.8, 4) is 17.2 Å². The number of rotatable bonds is 5. The minimum atomic E-state index is -0.250. The molecule has 1 aromatic carbocycles. The number of carbonyl (C=O) groups excluding carboxylic acids is 1. The molecule has 0 aliphatic carbocycles. The van der Waals surface area contributed by atoms with Crippen molar-refractivity contribution in [2.45, 2.75) is 12.5 Å². The van der Waals surface area contributed by atoms with Gasteiger partial charge in [0.15, 0.2) is 11.5 Å². The fourth-order valence-electron chi connectivity index (χ4n) is 3.78. The van der Waals surface area contributed by atoms with Gasteiger partial charge in [-0.3, -0.25) is 14.5 Å². The van der Waals surface area contributed by atoms with Crippen LogP contribution in [0.4, 0.5) is 0 Å². The van der Waals surface area contributed by atoms with Crippen LogP contribution in [-0.4, -0.2) is 94.6 Å². The number of carboxylic acid groups (broad SMARTS) is 1. The van der Waals surface area contributed by atoms with Crippen molar-refractivity contribution in [2.24, 2.45) is 5.92 Å². The maximum absolute atomic E-state index is 13.0. The number of ether oxygens (including phenoxy) is 4. The molecule has 3 rings (SSSR count). The van der Waals surface area contributed by atoms with E-state index in [1.165, 1.54) is 0 Å². The van der Waals surface area contributed by atoms with E-state index in [1.807, 2.05) is 17.0 Å². The average molecular weight is 410 g/mol. The number of fused-ring (bicyclic) bond motifs is 3. The average Bonchev–Trinajstić information content (AvgIpc) is 2.96. The number of likely N-dealkylation sites (N-methyl/N-ethyl adjacent to an activating group) is 1. The highest BCUT2D eigenvalue weighted by atomic mass is 16.5. The van der Waals surface area contributed by atoms with Gasteiger partial charge in [0.1, 0.15) is 0 Å². The van der Waals surface area contributed by atoms with E-state index >= 15 is 0 Å². The first kappa shape index (κ1) is 22.8. The summed E-state index contributed by atoms with van der Waals surface area (Å²) < 4.78 is 21.9. The van der Waals surface area contributed by atoms with E-state index < -0.39 is 0 Å². The summed E-state index contributed by atoms with van der Waals surface area (Å²) >= 11 is 0. The maximum atomic E-state index is 13.0. The predicted octanol–water partition coefficient (Wildman–Crippen LogP) is 0.745. The van der Waals surface area contributed by atoms with Crippen LogP contribution in [-0.2, 0) is 20.7 Å². The van der Waals surface area contributed by atoms with E-state index in [9.17, 15) is 4.79 Å². The molecule has 2 bridgehead atoms. The molecule has 0 radical (unpaired) electrons. The van der Waals surface area contributed by atoms with Gasteiger partial charge in [0.05, 0.1) is 47.0 Å². The van der Waals surface area contributed by atoms with Gasteiger partial charge in [0, 0.05) is 25.6 Å². The van der Waals surface area contributed by atoms with Crippen LogP contribution in [0.2, 0.25) is 0 Å². The van der Waals surface area contributed by atoms with Gasteiger partial charge < -0.3 is 29.0 Å².